The Morgan fingerprint density at radius 3 is 2.52 bits per heavy atom. The molecule has 0 fully saturated rings. The molecule has 11 heteroatoms. The molecule has 0 atom stereocenters. The second kappa shape index (κ2) is 11.6. The Kier molecular flexibility index (Phi) is 8.56. The molecule has 1 heterocycles. The van der Waals surface area contributed by atoms with Crippen molar-refractivity contribution in [1.82, 2.24) is 20.1 Å². The third-order valence-electron chi connectivity index (χ3n) is 4.64. The minimum Gasteiger partial charge on any atom is -0.497 e. The van der Waals surface area contributed by atoms with E-state index < -0.39 is 0 Å². The van der Waals surface area contributed by atoms with E-state index in [9.17, 15) is 9.59 Å². The number of aromatic nitrogens is 3. The molecule has 2 amide bonds. The maximum Gasteiger partial charge on any atom is 0.251 e. The van der Waals surface area contributed by atoms with Crippen LogP contribution in [0.15, 0.2) is 47.6 Å². The molecule has 1 aromatic heterocycles. The van der Waals surface area contributed by atoms with Gasteiger partial charge in [-0.3, -0.25) is 9.59 Å². The molecular formula is C22H24ClN5O4S. The molecule has 3 aromatic rings. The van der Waals surface area contributed by atoms with Crippen LogP contribution in [0.25, 0.3) is 0 Å². The van der Waals surface area contributed by atoms with E-state index in [1.165, 1.54) is 18.9 Å². The molecule has 0 radical (unpaired) electrons. The fourth-order valence-electron chi connectivity index (χ4n) is 2.97. The number of thioether (sulfide) groups is 1. The van der Waals surface area contributed by atoms with Gasteiger partial charge in [0.05, 0.1) is 32.2 Å². The van der Waals surface area contributed by atoms with Gasteiger partial charge in [0.1, 0.15) is 11.5 Å². The SMILES string of the molecule is CCn1c(CNC(=O)c2ccc(OC)cc2)nnc1SCC(=O)Nc1cc(Cl)ccc1OC. The number of amides is 2. The van der Waals surface area contributed by atoms with E-state index in [0.717, 1.165) is 0 Å². The van der Waals surface area contributed by atoms with Gasteiger partial charge in [-0.25, -0.2) is 0 Å². The van der Waals surface area contributed by atoms with Crippen LogP contribution in [-0.4, -0.2) is 46.6 Å². The molecule has 0 aliphatic rings. The Morgan fingerprint density at radius 2 is 1.85 bits per heavy atom. The topological polar surface area (TPSA) is 107 Å². The number of nitrogens with one attached hydrogen (secondary N) is 2. The van der Waals surface area contributed by atoms with Crippen molar-refractivity contribution in [2.24, 2.45) is 0 Å². The van der Waals surface area contributed by atoms with E-state index in [2.05, 4.69) is 20.8 Å². The number of hydrogen-bond acceptors (Lipinski definition) is 7. The first kappa shape index (κ1) is 24.4. The second-order valence-corrected chi connectivity index (χ2v) is 8.11. The number of halogens is 1. The number of hydrogen-bond donors (Lipinski definition) is 2. The summed E-state index contributed by atoms with van der Waals surface area (Å²) in [5.74, 6) is 1.44. The lowest BCUT2D eigenvalue weighted by Crippen LogP contribution is -2.24. The van der Waals surface area contributed by atoms with E-state index in [4.69, 9.17) is 21.1 Å². The highest BCUT2D eigenvalue weighted by Gasteiger charge is 2.15. The van der Waals surface area contributed by atoms with Gasteiger partial charge in [0, 0.05) is 17.1 Å². The molecule has 2 aromatic carbocycles. The third-order valence-corrected chi connectivity index (χ3v) is 5.84. The van der Waals surface area contributed by atoms with Crippen molar-refractivity contribution in [3.05, 3.63) is 58.9 Å². The lowest BCUT2D eigenvalue weighted by molar-refractivity contribution is -0.113. The van der Waals surface area contributed by atoms with E-state index in [1.807, 2.05) is 11.5 Å². The van der Waals surface area contributed by atoms with Gasteiger partial charge in [-0.15, -0.1) is 10.2 Å². The number of methoxy groups -OCH3 is 2. The van der Waals surface area contributed by atoms with Crippen LogP contribution in [0.2, 0.25) is 5.02 Å². The average molecular weight is 490 g/mol. The van der Waals surface area contributed by atoms with Crippen LogP contribution >= 0.6 is 23.4 Å². The van der Waals surface area contributed by atoms with Crippen LogP contribution in [-0.2, 0) is 17.9 Å². The average Bonchev–Trinajstić information content (AvgIpc) is 3.23. The number of carbonyl (C=O) groups is 2. The van der Waals surface area contributed by atoms with Crippen molar-refractivity contribution in [2.75, 3.05) is 25.3 Å². The Morgan fingerprint density at radius 1 is 1.09 bits per heavy atom. The number of benzene rings is 2. The van der Waals surface area contributed by atoms with Crippen LogP contribution in [0.1, 0.15) is 23.1 Å². The Labute approximate surface area is 200 Å². The minimum absolute atomic E-state index is 0.117. The summed E-state index contributed by atoms with van der Waals surface area (Å²) in [5, 5.41) is 15.0. The molecule has 0 saturated carbocycles. The molecule has 33 heavy (non-hydrogen) atoms. The quantitative estimate of drug-likeness (QED) is 0.419. The van der Waals surface area contributed by atoms with E-state index in [1.54, 1.807) is 49.6 Å². The van der Waals surface area contributed by atoms with E-state index in [0.29, 0.717) is 45.3 Å². The zero-order valence-electron chi connectivity index (χ0n) is 18.4. The molecule has 0 spiro atoms. The van der Waals surface area contributed by atoms with Crippen molar-refractivity contribution >= 4 is 40.9 Å². The number of ether oxygens (including phenoxy) is 2. The standard InChI is InChI=1S/C22H24ClN5O4S/c1-4-28-19(12-24-21(30)14-5-8-16(31-2)9-6-14)26-27-22(28)33-13-20(29)25-17-11-15(23)7-10-18(17)32-3/h5-11H,4,12-13H2,1-3H3,(H,24,30)(H,25,29). The summed E-state index contributed by atoms with van der Waals surface area (Å²) in [7, 11) is 3.09. The number of nitrogens with zero attached hydrogens (tertiary/aromatic N) is 3. The second-order valence-electron chi connectivity index (χ2n) is 6.74. The Bertz CT molecular complexity index is 1120. The maximum absolute atomic E-state index is 12.4. The highest BCUT2D eigenvalue weighted by Crippen LogP contribution is 2.28. The molecule has 9 nitrogen and oxygen atoms in total. The predicted octanol–water partition coefficient (Wildman–Crippen LogP) is 3.63. The third kappa shape index (κ3) is 6.39. The molecule has 0 unspecified atom stereocenters. The van der Waals surface area contributed by atoms with Crippen molar-refractivity contribution in [3.63, 3.8) is 0 Å². The first-order valence-corrected chi connectivity index (χ1v) is 11.4. The minimum atomic E-state index is -0.236. The lowest BCUT2D eigenvalue weighted by atomic mass is 10.2. The highest BCUT2D eigenvalue weighted by molar-refractivity contribution is 7.99. The summed E-state index contributed by atoms with van der Waals surface area (Å²) in [6.45, 7) is 2.74. The molecule has 3 rings (SSSR count). The number of anilines is 1. The fourth-order valence-corrected chi connectivity index (χ4v) is 3.97. The molecule has 174 valence electrons. The Hall–Kier alpha value is -3.24. The van der Waals surface area contributed by atoms with Crippen molar-refractivity contribution in [2.45, 2.75) is 25.2 Å². The van der Waals surface area contributed by atoms with Gasteiger partial charge < -0.3 is 24.7 Å². The molecular weight excluding hydrogens is 466 g/mol. The summed E-state index contributed by atoms with van der Waals surface area (Å²) in [5.41, 5.74) is 1.01. The van der Waals surface area contributed by atoms with Crippen LogP contribution in [0.4, 0.5) is 5.69 Å². The normalized spacial score (nSPS) is 10.5. The van der Waals surface area contributed by atoms with Gasteiger partial charge in [-0.2, -0.15) is 0 Å². The van der Waals surface area contributed by atoms with Gasteiger partial charge in [-0.05, 0) is 49.4 Å². The number of rotatable bonds is 10. The largest absolute Gasteiger partial charge is 0.497 e. The molecule has 2 N–H and O–H groups in total. The monoisotopic (exact) mass is 489 g/mol. The summed E-state index contributed by atoms with van der Waals surface area (Å²) in [6.07, 6.45) is 0. The summed E-state index contributed by atoms with van der Waals surface area (Å²) in [4.78, 5) is 24.8. The van der Waals surface area contributed by atoms with Crippen LogP contribution in [0.3, 0.4) is 0 Å². The van der Waals surface area contributed by atoms with Gasteiger partial charge in [0.25, 0.3) is 5.91 Å². The van der Waals surface area contributed by atoms with Crippen LogP contribution < -0.4 is 20.1 Å². The smallest absolute Gasteiger partial charge is 0.251 e. The van der Waals surface area contributed by atoms with Crippen molar-refractivity contribution in [1.29, 1.82) is 0 Å². The van der Waals surface area contributed by atoms with E-state index in [-0.39, 0.29) is 24.1 Å². The van der Waals surface area contributed by atoms with Crippen LogP contribution in [0.5, 0.6) is 11.5 Å². The molecule has 0 bridgehead atoms. The predicted molar refractivity (Wildman–Crippen MR) is 127 cm³/mol. The first-order valence-electron chi connectivity index (χ1n) is 10.1. The van der Waals surface area contributed by atoms with Gasteiger partial charge in [0.15, 0.2) is 11.0 Å². The van der Waals surface area contributed by atoms with Gasteiger partial charge in [0.2, 0.25) is 5.91 Å². The van der Waals surface area contributed by atoms with Crippen molar-refractivity contribution in [3.8, 4) is 11.5 Å². The highest BCUT2D eigenvalue weighted by atomic mass is 35.5. The fraction of sp³-hybridized carbons (Fsp3) is 0.273. The first-order chi connectivity index (χ1) is 15.9. The maximum atomic E-state index is 12.4. The van der Waals surface area contributed by atoms with Crippen LogP contribution in [0, 0.1) is 0 Å². The van der Waals surface area contributed by atoms with Gasteiger partial charge in [-0.1, -0.05) is 23.4 Å². The lowest BCUT2D eigenvalue weighted by Gasteiger charge is -2.11. The summed E-state index contributed by atoms with van der Waals surface area (Å²) >= 11 is 7.26. The molecule has 0 aliphatic heterocycles. The zero-order valence-corrected chi connectivity index (χ0v) is 20.0. The van der Waals surface area contributed by atoms with Crippen molar-refractivity contribution < 1.29 is 19.1 Å². The number of carbonyl (C=O) groups excluding carboxylic acids is 2. The Balaban J connectivity index is 1.58. The van der Waals surface area contributed by atoms with Gasteiger partial charge >= 0.3 is 0 Å². The van der Waals surface area contributed by atoms with E-state index >= 15 is 0 Å². The molecule has 0 aliphatic carbocycles. The summed E-state index contributed by atoms with van der Waals surface area (Å²) < 4.78 is 12.2. The summed E-state index contributed by atoms with van der Waals surface area (Å²) in [6, 6.07) is 11.8. The zero-order chi connectivity index (χ0) is 23.8. The molecule has 0 saturated heterocycles.